The molecular weight excluding hydrogens is 236 g/mol. The minimum absolute atomic E-state index is 1.10. The molecule has 0 atom stereocenters. The molecule has 0 saturated carbocycles. The van der Waals surface area contributed by atoms with Crippen LogP contribution in [0.15, 0.2) is 24.3 Å². The van der Waals surface area contributed by atoms with E-state index in [4.69, 9.17) is 0 Å². The van der Waals surface area contributed by atoms with Crippen molar-refractivity contribution < 1.29 is 0 Å². The van der Waals surface area contributed by atoms with Gasteiger partial charge in [-0.3, -0.25) is 0 Å². The molecular formula is C15H24N4. The van der Waals surface area contributed by atoms with E-state index < -0.39 is 0 Å². The molecule has 2 aliphatic rings. The molecule has 1 N–H and O–H groups in total. The molecule has 0 aromatic heterocycles. The van der Waals surface area contributed by atoms with Crippen LogP contribution >= 0.6 is 0 Å². The fourth-order valence-corrected chi connectivity index (χ4v) is 2.86. The van der Waals surface area contributed by atoms with Crippen LogP contribution < -0.4 is 15.1 Å². The van der Waals surface area contributed by atoms with Crippen molar-refractivity contribution in [2.24, 2.45) is 0 Å². The van der Waals surface area contributed by atoms with Gasteiger partial charge < -0.3 is 20.0 Å². The SMILES string of the molecule is CN1CCN(c2ccc(N3CCNCC3)cc2)CC1. The summed E-state index contributed by atoms with van der Waals surface area (Å²) in [6.07, 6.45) is 0. The van der Waals surface area contributed by atoms with Gasteiger partial charge in [0.1, 0.15) is 0 Å². The Bertz CT molecular complexity index is 389. The Balaban J connectivity index is 1.65. The van der Waals surface area contributed by atoms with Crippen molar-refractivity contribution in [3.05, 3.63) is 24.3 Å². The second kappa shape index (κ2) is 5.80. The van der Waals surface area contributed by atoms with Crippen LogP contribution in [0, 0.1) is 0 Å². The number of benzene rings is 1. The Kier molecular flexibility index (Phi) is 3.89. The van der Waals surface area contributed by atoms with Gasteiger partial charge in [-0.25, -0.2) is 0 Å². The zero-order valence-corrected chi connectivity index (χ0v) is 11.8. The van der Waals surface area contributed by atoms with Gasteiger partial charge in [0, 0.05) is 63.7 Å². The molecule has 1 aromatic rings. The lowest BCUT2D eigenvalue weighted by Crippen LogP contribution is -2.44. The zero-order valence-electron chi connectivity index (χ0n) is 11.8. The molecule has 104 valence electrons. The van der Waals surface area contributed by atoms with Crippen molar-refractivity contribution >= 4 is 11.4 Å². The molecule has 2 heterocycles. The average Bonchev–Trinajstić information content (AvgIpc) is 2.49. The lowest BCUT2D eigenvalue weighted by Gasteiger charge is -2.34. The largest absolute Gasteiger partial charge is 0.369 e. The van der Waals surface area contributed by atoms with Crippen LogP contribution in [0.5, 0.6) is 0 Å². The fourth-order valence-electron chi connectivity index (χ4n) is 2.86. The van der Waals surface area contributed by atoms with Crippen molar-refractivity contribution in [2.75, 3.05) is 69.2 Å². The Morgan fingerprint density at radius 1 is 0.737 bits per heavy atom. The Labute approximate surface area is 116 Å². The van der Waals surface area contributed by atoms with Crippen molar-refractivity contribution in [3.8, 4) is 0 Å². The topological polar surface area (TPSA) is 21.8 Å². The van der Waals surface area contributed by atoms with Crippen LogP contribution in [0.25, 0.3) is 0 Å². The number of rotatable bonds is 2. The highest BCUT2D eigenvalue weighted by molar-refractivity contribution is 5.56. The number of piperazine rings is 2. The van der Waals surface area contributed by atoms with Crippen molar-refractivity contribution in [1.82, 2.24) is 10.2 Å². The number of nitrogens with one attached hydrogen (secondary N) is 1. The molecule has 1 aromatic carbocycles. The first-order valence-electron chi connectivity index (χ1n) is 7.32. The smallest absolute Gasteiger partial charge is 0.0368 e. The summed E-state index contributed by atoms with van der Waals surface area (Å²) in [6.45, 7) is 9.05. The molecule has 4 nitrogen and oxygen atoms in total. The monoisotopic (exact) mass is 260 g/mol. The summed E-state index contributed by atoms with van der Waals surface area (Å²) in [5, 5.41) is 3.40. The summed E-state index contributed by atoms with van der Waals surface area (Å²) >= 11 is 0. The summed E-state index contributed by atoms with van der Waals surface area (Å²) in [7, 11) is 2.20. The third kappa shape index (κ3) is 3.01. The van der Waals surface area contributed by atoms with Gasteiger partial charge in [0.25, 0.3) is 0 Å². The van der Waals surface area contributed by atoms with Crippen LogP contribution in [0.2, 0.25) is 0 Å². The number of anilines is 2. The van der Waals surface area contributed by atoms with E-state index in [-0.39, 0.29) is 0 Å². The molecule has 2 fully saturated rings. The third-order valence-corrected chi connectivity index (χ3v) is 4.20. The van der Waals surface area contributed by atoms with Crippen LogP contribution in [0.3, 0.4) is 0 Å². The first-order valence-corrected chi connectivity index (χ1v) is 7.32. The van der Waals surface area contributed by atoms with Gasteiger partial charge >= 0.3 is 0 Å². The normalized spacial score (nSPS) is 21.7. The second-order valence-corrected chi connectivity index (χ2v) is 5.54. The van der Waals surface area contributed by atoms with E-state index in [9.17, 15) is 0 Å². The molecule has 3 rings (SSSR count). The Morgan fingerprint density at radius 2 is 1.21 bits per heavy atom. The van der Waals surface area contributed by atoms with Crippen LogP contribution in [-0.4, -0.2) is 64.3 Å². The van der Waals surface area contributed by atoms with Gasteiger partial charge in [-0.1, -0.05) is 0 Å². The first-order chi connectivity index (χ1) is 9.33. The van der Waals surface area contributed by atoms with E-state index in [1.807, 2.05) is 0 Å². The van der Waals surface area contributed by atoms with Crippen molar-refractivity contribution in [2.45, 2.75) is 0 Å². The fraction of sp³-hybridized carbons (Fsp3) is 0.600. The number of likely N-dealkylation sites (N-methyl/N-ethyl adjacent to an activating group) is 1. The lowest BCUT2D eigenvalue weighted by molar-refractivity contribution is 0.313. The van der Waals surface area contributed by atoms with Gasteiger partial charge in [0.05, 0.1) is 0 Å². The minimum Gasteiger partial charge on any atom is -0.369 e. The predicted octanol–water partition coefficient (Wildman–Crippen LogP) is 0.848. The Hall–Kier alpha value is -1.26. The van der Waals surface area contributed by atoms with Gasteiger partial charge in [-0.2, -0.15) is 0 Å². The van der Waals surface area contributed by atoms with E-state index in [2.05, 4.69) is 51.3 Å². The molecule has 0 bridgehead atoms. The highest BCUT2D eigenvalue weighted by Crippen LogP contribution is 2.22. The number of hydrogen-bond donors (Lipinski definition) is 1. The van der Waals surface area contributed by atoms with Gasteiger partial charge in [-0.05, 0) is 31.3 Å². The van der Waals surface area contributed by atoms with E-state index in [0.717, 1.165) is 39.3 Å². The van der Waals surface area contributed by atoms with Crippen molar-refractivity contribution in [1.29, 1.82) is 0 Å². The van der Waals surface area contributed by atoms with Gasteiger partial charge in [0.2, 0.25) is 0 Å². The summed E-state index contributed by atoms with van der Waals surface area (Å²) in [5.74, 6) is 0. The molecule has 2 aliphatic heterocycles. The maximum absolute atomic E-state index is 3.40. The summed E-state index contributed by atoms with van der Waals surface area (Å²) < 4.78 is 0. The average molecular weight is 260 g/mol. The van der Waals surface area contributed by atoms with Crippen LogP contribution in [-0.2, 0) is 0 Å². The van der Waals surface area contributed by atoms with Crippen molar-refractivity contribution in [3.63, 3.8) is 0 Å². The van der Waals surface area contributed by atoms with E-state index in [0.29, 0.717) is 0 Å². The van der Waals surface area contributed by atoms with Crippen LogP contribution in [0.1, 0.15) is 0 Å². The summed E-state index contributed by atoms with van der Waals surface area (Å²) in [4.78, 5) is 7.34. The second-order valence-electron chi connectivity index (χ2n) is 5.54. The predicted molar refractivity (Wildman–Crippen MR) is 81.2 cm³/mol. The summed E-state index contributed by atoms with van der Waals surface area (Å²) in [5.41, 5.74) is 2.73. The highest BCUT2D eigenvalue weighted by atomic mass is 15.2. The summed E-state index contributed by atoms with van der Waals surface area (Å²) in [6, 6.07) is 9.11. The standard InChI is InChI=1S/C15H24N4/c1-17-10-12-19(13-11-17)15-4-2-14(3-5-15)18-8-6-16-7-9-18/h2-5,16H,6-13H2,1H3. The highest BCUT2D eigenvalue weighted by Gasteiger charge is 2.15. The molecule has 0 aliphatic carbocycles. The van der Waals surface area contributed by atoms with Crippen LogP contribution in [0.4, 0.5) is 11.4 Å². The number of nitrogens with zero attached hydrogens (tertiary/aromatic N) is 3. The molecule has 2 saturated heterocycles. The zero-order chi connectivity index (χ0) is 13.1. The van der Waals surface area contributed by atoms with E-state index >= 15 is 0 Å². The molecule has 0 amide bonds. The molecule has 0 radical (unpaired) electrons. The molecule has 19 heavy (non-hydrogen) atoms. The molecule has 0 spiro atoms. The van der Waals surface area contributed by atoms with Gasteiger partial charge in [0.15, 0.2) is 0 Å². The Morgan fingerprint density at radius 3 is 1.74 bits per heavy atom. The van der Waals surface area contributed by atoms with E-state index in [1.165, 1.54) is 24.5 Å². The minimum atomic E-state index is 1.10. The van der Waals surface area contributed by atoms with E-state index in [1.54, 1.807) is 0 Å². The maximum atomic E-state index is 3.40. The number of hydrogen-bond acceptors (Lipinski definition) is 4. The lowest BCUT2D eigenvalue weighted by atomic mass is 10.2. The van der Waals surface area contributed by atoms with Gasteiger partial charge in [-0.15, -0.1) is 0 Å². The molecule has 4 heteroatoms. The molecule has 0 unspecified atom stereocenters. The first kappa shape index (κ1) is 12.8. The quantitative estimate of drug-likeness (QED) is 0.851. The maximum Gasteiger partial charge on any atom is 0.0368 e. The third-order valence-electron chi connectivity index (χ3n) is 4.20.